The van der Waals surface area contributed by atoms with Crippen molar-refractivity contribution < 1.29 is 9.90 Å². The first-order valence-electron chi connectivity index (χ1n) is 5.97. The third-order valence-corrected chi connectivity index (χ3v) is 3.97. The summed E-state index contributed by atoms with van der Waals surface area (Å²) in [4.78, 5) is 11.7. The molecule has 0 spiro atoms. The third kappa shape index (κ3) is 4.72. The minimum Gasteiger partial charge on any atom is -0.396 e. The van der Waals surface area contributed by atoms with Crippen LogP contribution in [0.25, 0.3) is 0 Å². The molecular weight excluding hydrogens is 224 g/mol. The number of thioether (sulfide) groups is 1. The zero-order valence-corrected chi connectivity index (χ0v) is 10.5. The number of carbonyl (C=O) groups is 1. The van der Waals surface area contributed by atoms with E-state index >= 15 is 0 Å². The molecule has 2 unspecified atom stereocenters. The molecule has 4 nitrogen and oxygen atoms in total. The van der Waals surface area contributed by atoms with Crippen molar-refractivity contribution >= 4 is 17.7 Å². The van der Waals surface area contributed by atoms with Crippen LogP contribution in [-0.2, 0) is 4.79 Å². The van der Waals surface area contributed by atoms with Crippen molar-refractivity contribution in [1.29, 1.82) is 0 Å². The SMILES string of the molecule is NC1CCCC1C(=O)NCCSCCCO. The average Bonchev–Trinajstić information content (AvgIpc) is 2.69. The highest BCUT2D eigenvalue weighted by atomic mass is 32.2. The van der Waals surface area contributed by atoms with Gasteiger partial charge in [0, 0.05) is 24.9 Å². The van der Waals surface area contributed by atoms with Crippen LogP contribution >= 0.6 is 11.8 Å². The second-order valence-corrected chi connectivity index (χ2v) is 5.41. The molecule has 16 heavy (non-hydrogen) atoms. The maximum absolute atomic E-state index is 11.7. The number of hydrogen-bond donors (Lipinski definition) is 3. The van der Waals surface area contributed by atoms with Gasteiger partial charge in [0.05, 0.1) is 5.92 Å². The molecule has 4 N–H and O–H groups in total. The molecule has 0 bridgehead atoms. The lowest BCUT2D eigenvalue weighted by atomic mass is 10.0. The maximum atomic E-state index is 11.7. The summed E-state index contributed by atoms with van der Waals surface area (Å²) >= 11 is 1.76. The Morgan fingerprint density at radius 2 is 2.25 bits per heavy atom. The Morgan fingerprint density at radius 1 is 1.44 bits per heavy atom. The van der Waals surface area contributed by atoms with Crippen molar-refractivity contribution in [3.63, 3.8) is 0 Å². The summed E-state index contributed by atoms with van der Waals surface area (Å²) < 4.78 is 0. The molecule has 94 valence electrons. The molecular formula is C11H22N2O2S. The van der Waals surface area contributed by atoms with Gasteiger partial charge in [-0.15, -0.1) is 0 Å². The molecule has 1 rings (SSSR count). The molecule has 1 aliphatic rings. The molecule has 5 heteroatoms. The van der Waals surface area contributed by atoms with Crippen molar-refractivity contribution in [2.75, 3.05) is 24.7 Å². The molecule has 0 aromatic carbocycles. The highest BCUT2D eigenvalue weighted by Crippen LogP contribution is 2.23. The van der Waals surface area contributed by atoms with Crippen LogP contribution in [0.3, 0.4) is 0 Å². The number of amides is 1. The monoisotopic (exact) mass is 246 g/mol. The van der Waals surface area contributed by atoms with Crippen LogP contribution in [0, 0.1) is 5.92 Å². The predicted octanol–water partition coefficient (Wildman–Crippen LogP) is 0.346. The fourth-order valence-corrected chi connectivity index (χ4v) is 2.74. The number of carbonyl (C=O) groups excluding carboxylic acids is 1. The van der Waals surface area contributed by atoms with E-state index in [4.69, 9.17) is 10.8 Å². The first-order valence-corrected chi connectivity index (χ1v) is 7.13. The van der Waals surface area contributed by atoms with Gasteiger partial charge in [-0.05, 0) is 25.0 Å². The lowest BCUT2D eigenvalue weighted by Gasteiger charge is -2.14. The standard InChI is InChI=1S/C11H22N2O2S/c12-10-4-1-3-9(10)11(15)13-5-8-16-7-2-6-14/h9-10,14H,1-8,12H2,(H,13,15). The fourth-order valence-electron chi connectivity index (χ4n) is 1.96. The third-order valence-electron chi connectivity index (χ3n) is 2.90. The molecule has 1 saturated carbocycles. The van der Waals surface area contributed by atoms with Gasteiger partial charge in [0.25, 0.3) is 0 Å². The zero-order chi connectivity index (χ0) is 11.8. The van der Waals surface area contributed by atoms with E-state index in [2.05, 4.69) is 5.32 Å². The summed E-state index contributed by atoms with van der Waals surface area (Å²) in [6.45, 7) is 0.953. The average molecular weight is 246 g/mol. The molecule has 1 amide bonds. The van der Waals surface area contributed by atoms with E-state index in [0.29, 0.717) is 6.54 Å². The van der Waals surface area contributed by atoms with E-state index in [1.54, 1.807) is 11.8 Å². The van der Waals surface area contributed by atoms with Crippen LogP contribution in [0.15, 0.2) is 0 Å². The summed E-state index contributed by atoms with van der Waals surface area (Å²) in [5.41, 5.74) is 5.86. The highest BCUT2D eigenvalue weighted by Gasteiger charge is 2.29. The minimum atomic E-state index is 0.0300. The Hall–Kier alpha value is -0.260. The molecule has 0 saturated heterocycles. The molecule has 0 heterocycles. The van der Waals surface area contributed by atoms with E-state index in [-0.39, 0.29) is 24.5 Å². The Labute approximate surface area is 101 Å². The molecule has 1 fully saturated rings. The van der Waals surface area contributed by atoms with Crippen molar-refractivity contribution in [2.24, 2.45) is 11.7 Å². The molecule has 0 aromatic rings. The van der Waals surface area contributed by atoms with Crippen LogP contribution in [0.2, 0.25) is 0 Å². The quantitative estimate of drug-likeness (QED) is 0.566. The predicted molar refractivity (Wildman–Crippen MR) is 67.4 cm³/mol. The number of rotatable bonds is 7. The lowest BCUT2D eigenvalue weighted by Crippen LogP contribution is -2.39. The maximum Gasteiger partial charge on any atom is 0.224 e. The van der Waals surface area contributed by atoms with Crippen molar-refractivity contribution in [2.45, 2.75) is 31.7 Å². The Bertz CT molecular complexity index is 214. The van der Waals surface area contributed by atoms with Crippen LogP contribution in [0.1, 0.15) is 25.7 Å². The first-order chi connectivity index (χ1) is 7.75. The van der Waals surface area contributed by atoms with E-state index in [1.807, 2.05) is 0 Å². The second-order valence-electron chi connectivity index (χ2n) is 4.18. The second kappa shape index (κ2) is 7.92. The summed E-state index contributed by atoms with van der Waals surface area (Å²) in [5, 5.41) is 11.5. The van der Waals surface area contributed by atoms with Crippen molar-refractivity contribution in [3.05, 3.63) is 0 Å². The molecule has 0 aromatic heterocycles. The number of nitrogens with two attached hydrogens (primary N) is 1. The topological polar surface area (TPSA) is 75.4 Å². The van der Waals surface area contributed by atoms with Gasteiger partial charge in [-0.2, -0.15) is 11.8 Å². The number of aliphatic hydroxyl groups is 1. The summed E-state index contributed by atoms with van der Waals surface area (Å²) in [6, 6.07) is 0.0574. The van der Waals surface area contributed by atoms with Crippen molar-refractivity contribution in [1.82, 2.24) is 5.32 Å². The number of nitrogens with one attached hydrogen (secondary N) is 1. The normalized spacial score (nSPS) is 24.6. The summed E-state index contributed by atoms with van der Waals surface area (Å²) in [7, 11) is 0. The lowest BCUT2D eigenvalue weighted by molar-refractivity contribution is -0.125. The molecule has 0 radical (unpaired) electrons. The van der Waals surface area contributed by atoms with E-state index < -0.39 is 0 Å². The fraction of sp³-hybridized carbons (Fsp3) is 0.909. The smallest absolute Gasteiger partial charge is 0.224 e. The van der Waals surface area contributed by atoms with Gasteiger partial charge < -0.3 is 16.2 Å². The largest absolute Gasteiger partial charge is 0.396 e. The van der Waals surface area contributed by atoms with Crippen molar-refractivity contribution in [3.8, 4) is 0 Å². The van der Waals surface area contributed by atoms with Crippen LogP contribution in [-0.4, -0.2) is 41.7 Å². The van der Waals surface area contributed by atoms with Gasteiger partial charge in [-0.1, -0.05) is 6.42 Å². The molecule has 2 atom stereocenters. The van der Waals surface area contributed by atoms with Gasteiger partial charge in [-0.3, -0.25) is 4.79 Å². The number of hydrogen-bond acceptors (Lipinski definition) is 4. The summed E-state index contributed by atoms with van der Waals surface area (Å²) in [6.07, 6.45) is 3.81. The number of aliphatic hydroxyl groups excluding tert-OH is 1. The zero-order valence-electron chi connectivity index (χ0n) is 9.65. The molecule has 1 aliphatic carbocycles. The van der Waals surface area contributed by atoms with Gasteiger partial charge in [0.15, 0.2) is 0 Å². The highest BCUT2D eigenvalue weighted by molar-refractivity contribution is 7.99. The minimum absolute atomic E-state index is 0.0300. The van der Waals surface area contributed by atoms with Crippen LogP contribution in [0.4, 0.5) is 0 Å². The van der Waals surface area contributed by atoms with Gasteiger partial charge in [-0.25, -0.2) is 0 Å². The van der Waals surface area contributed by atoms with Gasteiger partial charge in [0.1, 0.15) is 0 Å². The first kappa shape index (κ1) is 13.8. The van der Waals surface area contributed by atoms with E-state index in [9.17, 15) is 4.79 Å². The van der Waals surface area contributed by atoms with Gasteiger partial charge in [0.2, 0.25) is 5.91 Å². The Balaban J connectivity index is 2.02. The molecule has 0 aliphatic heterocycles. The van der Waals surface area contributed by atoms with E-state index in [1.165, 1.54) is 0 Å². The van der Waals surface area contributed by atoms with Crippen LogP contribution in [0.5, 0.6) is 0 Å². The van der Waals surface area contributed by atoms with Crippen LogP contribution < -0.4 is 11.1 Å². The Kier molecular flexibility index (Phi) is 6.84. The Morgan fingerprint density at radius 3 is 2.88 bits per heavy atom. The van der Waals surface area contributed by atoms with Gasteiger partial charge >= 0.3 is 0 Å². The van der Waals surface area contributed by atoms with E-state index in [0.717, 1.165) is 37.2 Å². The summed E-state index contributed by atoms with van der Waals surface area (Å²) in [5.74, 6) is 2.01.